The Bertz CT molecular complexity index is 196. The molecular formula is C9H19ClN2O. The van der Waals surface area contributed by atoms with E-state index in [2.05, 4.69) is 19.6 Å². The number of halogens is 1. The van der Waals surface area contributed by atoms with Crippen LogP contribution in [0.2, 0.25) is 0 Å². The van der Waals surface area contributed by atoms with E-state index in [-0.39, 0.29) is 18.3 Å². The molecule has 1 rings (SSSR count). The molecule has 2 atom stereocenters. The van der Waals surface area contributed by atoms with E-state index in [1.54, 1.807) is 0 Å². The lowest BCUT2D eigenvalue weighted by Gasteiger charge is -2.27. The zero-order valence-corrected chi connectivity index (χ0v) is 9.10. The molecule has 1 saturated carbocycles. The number of amides is 1. The third kappa shape index (κ3) is 2.15. The number of carbonyl (C=O) groups excluding carboxylic acids is 1. The second-order valence-electron chi connectivity index (χ2n) is 4.26. The fourth-order valence-electron chi connectivity index (χ4n) is 2.38. The standard InChI is InChI=1S/C9H18N2O.ClH/c1-6(2)7-4-3-5-9(7,11)8(10)12;/h6-7H,3-5,11H2,1-2H3,(H2,10,12);1H/t7-,9-;/m0./s1. The summed E-state index contributed by atoms with van der Waals surface area (Å²) < 4.78 is 0. The van der Waals surface area contributed by atoms with Crippen molar-refractivity contribution >= 4 is 5.91 Å². The van der Waals surface area contributed by atoms with Gasteiger partial charge in [-0.1, -0.05) is 13.8 Å². The third-order valence-corrected chi connectivity index (χ3v) is 3.14. The van der Waals surface area contributed by atoms with Crippen LogP contribution in [0.25, 0.3) is 0 Å². The number of rotatable bonds is 2. The van der Waals surface area contributed by atoms with Gasteiger partial charge in [0.2, 0.25) is 0 Å². The van der Waals surface area contributed by atoms with Crippen LogP contribution < -0.4 is 23.9 Å². The molecule has 0 spiro atoms. The van der Waals surface area contributed by atoms with E-state index in [1.165, 1.54) is 0 Å². The summed E-state index contributed by atoms with van der Waals surface area (Å²) in [5.41, 5.74) is 8.88. The van der Waals surface area contributed by atoms with Gasteiger partial charge in [-0.05, 0) is 18.8 Å². The second kappa shape index (κ2) is 4.29. The average Bonchev–Trinajstić information content (AvgIpc) is 2.32. The Hall–Kier alpha value is -0.280. The smallest absolute Gasteiger partial charge is 0.278 e. The highest BCUT2D eigenvalue weighted by molar-refractivity contribution is 5.83. The highest BCUT2D eigenvalue weighted by Crippen LogP contribution is 2.36. The molecule has 0 aromatic carbocycles. The van der Waals surface area contributed by atoms with Crippen LogP contribution in [0.4, 0.5) is 0 Å². The molecule has 0 unspecified atom stereocenters. The van der Waals surface area contributed by atoms with Crippen molar-refractivity contribution in [3.8, 4) is 0 Å². The predicted molar refractivity (Wildman–Crippen MR) is 47.0 cm³/mol. The summed E-state index contributed by atoms with van der Waals surface area (Å²) in [6.45, 7) is 4.28. The Labute approximate surface area is 85.6 Å². The molecule has 0 aromatic rings. The van der Waals surface area contributed by atoms with Crippen LogP contribution in [0.3, 0.4) is 0 Å². The summed E-state index contributed by atoms with van der Waals surface area (Å²) in [6, 6.07) is 0. The normalized spacial score (nSPS) is 33.1. The highest BCUT2D eigenvalue weighted by Gasteiger charge is 2.49. The SMILES string of the molecule is CC(C)[C@@H]1CCC[C@@]1([NH3+])C(N)=O.[Cl-]. The Morgan fingerprint density at radius 1 is 1.62 bits per heavy atom. The number of primary amides is 1. The third-order valence-electron chi connectivity index (χ3n) is 3.14. The molecule has 0 aliphatic heterocycles. The molecule has 0 bridgehead atoms. The van der Waals surface area contributed by atoms with Gasteiger partial charge in [0, 0.05) is 12.3 Å². The van der Waals surface area contributed by atoms with Gasteiger partial charge in [0.05, 0.1) is 0 Å². The maximum absolute atomic E-state index is 11.2. The summed E-state index contributed by atoms with van der Waals surface area (Å²) in [4.78, 5) is 11.2. The van der Waals surface area contributed by atoms with Crippen LogP contribution in [-0.4, -0.2) is 11.4 Å². The van der Waals surface area contributed by atoms with Crippen LogP contribution in [0, 0.1) is 11.8 Å². The number of quaternary nitrogens is 1. The minimum atomic E-state index is -0.478. The summed E-state index contributed by atoms with van der Waals surface area (Å²) in [7, 11) is 0. The number of hydrogen-bond donors (Lipinski definition) is 2. The average molecular weight is 207 g/mol. The molecule has 5 N–H and O–H groups in total. The molecule has 3 nitrogen and oxygen atoms in total. The fraction of sp³-hybridized carbons (Fsp3) is 0.889. The molecule has 1 amide bonds. The summed E-state index contributed by atoms with van der Waals surface area (Å²) in [6.07, 6.45) is 3.06. The molecule has 0 heterocycles. The van der Waals surface area contributed by atoms with Crippen LogP contribution in [0.5, 0.6) is 0 Å². The van der Waals surface area contributed by atoms with E-state index in [4.69, 9.17) is 5.73 Å². The first kappa shape index (κ1) is 12.7. The lowest BCUT2D eigenvalue weighted by molar-refractivity contribution is -0.469. The Morgan fingerprint density at radius 3 is 2.46 bits per heavy atom. The van der Waals surface area contributed by atoms with Crippen molar-refractivity contribution in [3.05, 3.63) is 0 Å². The number of nitrogens with two attached hydrogens (primary N) is 1. The van der Waals surface area contributed by atoms with Gasteiger partial charge in [0.1, 0.15) is 0 Å². The van der Waals surface area contributed by atoms with E-state index < -0.39 is 5.54 Å². The molecule has 0 radical (unpaired) electrons. The second-order valence-corrected chi connectivity index (χ2v) is 4.26. The molecule has 0 aromatic heterocycles. The Morgan fingerprint density at radius 2 is 2.15 bits per heavy atom. The summed E-state index contributed by atoms with van der Waals surface area (Å²) in [5, 5.41) is 0. The highest BCUT2D eigenvalue weighted by atomic mass is 35.5. The van der Waals surface area contributed by atoms with Crippen molar-refractivity contribution in [1.82, 2.24) is 0 Å². The monoisotopic (exact) mass is 206 g/mol. The van der Waals surface area contributed by atoms with Crippen molar-refractivity contribution in [2.45, 2.75) is 38.6 Å². The van der Waals surface area contributed by atoms with Gasteiger partial charge in [-0.3, -0.25) is 4.79 Å². The van der Waals surface area contributed by atoms with Crippen LogP contribution in [0.15, 0.2) is 0 Å². The minimum Gasteiger partial charge on any atom is -1.00 e. The number of carbonyl (C=O) groups is 1. The van der Waals surface area contributed by atoms with Gasteiger partial charge in [-0.15, -0.1) is 0 Å². The van der Waals surface area contributed by atoms with Crippen LogP contribution >= 0.6 is 0 Å². The van der Waals surface area contributed by atoms with Gasteiger partial charge in [0.15, 0.2) is 5.54 Å². The molecule has 1 aliphatic carbocycles. The van der Waals surface area contributed by atoms with Gasteiger partial charge >= 0.3 is 0 Å². The topological polar surface area (TPSA) is 70.7 Å². The molecule has 1 aliphatic rings. The zero-order valence-electron chi connectivity index (χ0n) is 8.35. The Balaban J connectivity index is 0.00000144. The number of hydrogen-bond acceptors (Lipinski definition) is 1. The predicted octanol–water partition coefficient (Wildman–Crippen LogP) is -3.09. The van der Waals surface area contributed by atoms with Crippen molar-refractivity contribution in [1.29, 1.82) is 0 Å². The minimum absolute atomic E-state index is 0. The van der Waals surface area contributed by atoms with Crippen molar-refractivity contribution in [3.63, 3.8) is 0 Å². The van der Waals surface area contributed by atoms with E-state index in [9.17, 15) is 4.79 Å². The lowest BCUT2D eigenvalue weighted by Crippen LogP contribution is -3.00. The quantitative estimate of drug-likeness (QED) is 0.494. The van der Waals surface area contributed by atoms with Crippen LogP contribution in [0.1, 0.15) is 33.1 Å². The van der Waals surface area contributed by atoms with Gasteiger partial charge in [0.25, 0.3) is 5.91 Å². The molecular weight excluding hydrogens is 188 g/mol. The van der Waals surface area contributed by atoms with E-state index in [0.29, 0.717) is 11.8 Å². The first-order chi connectivity index (χ1) is 5.48. The molecule has 13 heavy (non-hydrogen) atoms. The van der Waals surface area contributed by atoms with Gasteiger partial charge in [-0.25, -0.2) is 0 Å². The molecule has 78 valence electrons. The summed E-state index contributed by atoms with van der Waals surface area (Å²) >= 11 is 0. The lowest BCUT2D eigenvalue weighted by atomic mass is 9.80. The first-order valence-corrected chi connectivity index (χ1v) is 4.63. The Kier molecular flexibility index (Phi) is 4.20. The summed E-state index contributed by atoms with van der Waals surface area (Å²) in [5.74, 6) is 0.672. The van der Waals surface area contributed by atoms with E-state index >= 15 is 0 Å². The molecule has 0 saturated heterocycles. The van der Waals surface area contributed by atoms with Crippen molar-refractivity contribution in [2.75, 3.05) is 0 Å². The zero-order chi connectivity index (χ0) is 9.35. The fourth-order valence-corrected chi connectivity index (χ4v) is 2.38. The molecule has 4 heteroatoms. The van der Waals surface area contributed by atoms with Crippen LogP contribution in [-0.2, 0) is 4.79 Å². The van der Waals surface area contributed by atoms with Gasteiger partial charge in [-0.2, -0.15) is 0 Å². The first-order valence-electron chi connectivity index (χ1n) is 4.63. The maximum atomic E-state index is 11.2. The maximum Gasteiger partial charge on any atom is 0.278 e. The molecule has 1 fully saturated rings. The largest absolute Gasteiger partial charge is 1.00 e. The van der Waals surface area contributed by atoms with E-state index in [1.807, 2.05) is 0 Å². The van der Waals surface area contributed by atoms with Gasteiger partial charge < -0.3 is 23.9 Å². The van der Waals surface area contributed by atoms with Crippen molar-refractivity contribution in [2.24, 2.45) is 17.6 Å². The van der Waals surface area contributed by atoms with E-state index in [0.717, 1.165) is 19.3 Å². The van der Waals surface area contributed by atoms with Crippen molar-refractivity contribution < 1.29 is 22.9 Å².